The molecule has 1 aliphatic heterocycles. The zero-order valence-corrected chi connectivity index (χ0v) is 20.9. The van der Waals surface area contributed by atoms with Gasteiger partial charge in [0.25, 0.3) is 0 Å². The molecular weight excluding hydrogens is 474 g/mol. The average Bonchev–Trinajstić information content (AvgIpc) is 3.30. The van der Waals surface area contributed by atoms with Crippen molar-refractivity contribution in [2.45, 2.75) is 30.3 Å². The highest BCUT2D eigenvalue weighted by molar-refractivity contribution is 8.00. The van der Waals surface area contributed by atoms with Crippen LogP contribution in [0.15, 0.2) is 78.0 Å². The van der Waals surface area contributed by atoms with E-state index in [2.05, 4.69) is 27.0 Å². The highest BCUT2D eigenvalue weighted by Gasteiger charge is 2.38. The van der Waals surface area contributed by atoms with Crippen LogP contribution in [0.3, 0.4) is 0 Å². The van der Waals surface area contributed by atoms with E-state index in [0.717, 1.165) is 27.9 Å². The number of carbonyl (C=O) groups is 2. The van der Waals surface area contributed by atoms with Gasteiger partial charge in [-0.25, -0.2) is 9.47 Å². The Balaban J connectivity index is 1.51. The number of aryl methyl sites for hydroxylation is 2. The first-order valence-corrected chi connectivity index (χ1v) is 12.3. The van der Waals surface area contributed by atoms with Gasteiger partial charge in [0.05, 0.1) is 18.7 Å². The molecule has 0 radical (unpaired) electrons. The Labute approximate surface area is 213 Å². The molecule has 1 aliphatic rings. The lowest BCUT2D eigenvalue weighted by atomic mass is 10.0. The van der Waals surface area contributed by atoms with Crippen LogP contribution in [0.4, 0.5) is 5.69 Å². The van der Waals surface area contributed by atoms with Crippen molar-refractivity contribution in [2.24, 2.45) is 0 Å². The van der Waals surface area contributed by atoms with Gasteiger partial charge < -0.3 is 15.5 Å². The Morgan fingerprint density at radius 2 is 1.67 bits per heavy atom. The molecule has 5 rings (SSSR count). The summed E-state index contributed by atoms with van der Waals surface area (Å²) in [5, 5.41) is 11.8. The summed E-state index contributed by atoms with van der Waals surface area (Å²) in [4.78, 5) is 25.5. The maximum atomic E-state index is 13.6. The Kier molecular flexibility index (Phi) is 6.47. The van der Waals surface area contributed by atoms with Crippen molar-refractivity contribution >= 4 is 29.3 Å². The third-order valence-corrected chi connectivity index (χ3v) is 7.12. The molecule has 0 saturated heterocycles. The van der Waals surface area contributed by atoms with Gasteiger partial charge >= 0.3 is 5.97 Å². The Morgan fingerprint density at radius 1 is 0.972 bits per heavy atom. The van der Waals surface area contributed by atoms with E-state index in [9.17, 15) is 9.59 Å². The molecule has 0 bridgehead atoms. The number of anilines is 1. The molecule has 2 atom stereocenters. The summed E-state index contributed by atoms with van der Waals surface area (Å²) < 4.78 is 6.64. The fraction of sp³-hybridized carbons (Fsp3) is 0.185. The van der Waals surface area contributed by atoms with Gasteiger partial charge in [0.15, 0.2) is 5.82 Å². The van der Waals surface area contributed by atoms with Crippen molar-refractivity contribution in [1.82, 2.24) is 14.9 Å². The van der Waals surface area contributed by atoms with Gasteiger partial charge in [-0.1, -0.05) is 60.3 Å². The summed E-state index contributed by atoms with van der Waals surface area (Å²) in [5.74, 6) is 0.0848. The molecule has 4 aromatic rings. The molecule has 0 saturated carbocycles. The number of thioether (sulfide) groups is 1. The second kappa shape index (κ2) is 9.87. The monoisotopic (exact) mass is 499 g/mol. The van der Waals surface area contributed by atoms with Crippen LogP contribution in [0.1, 0.15) is 33.1 Å². The zero-order valence-electron chi connectivity index (χ0n) is 20.1. The van der Waals surface area contributed by atoms with Gasteiger partial charge in [-0.3, -0.25) is 4.79 Å². The number of fused-ring (bicyclic) bond motifs is 1. The molecule has 9 heteroatoms. The molecule has 2 N–H and O–H groups in total. The number of methoxy groups -OCH3 is 1. The quantitative estimate of drug-likeness (QED) is 0.383. The lowest BCUT2D eigenvalue weighted by Gasteiger charge is -2.33. The van der Waals surface area contributed by atoms with E-state index < -0.39 is 17.3 Å². The number of amides is 1. The lowest BCUT2D eigenvalue weighted by Crippen LogP contribution is -2.41. The topological polar surface area (TPSA) is 98.1 Å². The molecule has 182 valence electrons. The van der Waals surface area contributed by atoms with Crippen LogP contribution in [0.2, 0.25) is 0 Å². The number of aromatic nitrogens is 3. The van der Waals surface area contributed by atoms with Crippen LogP contribution in [-0.2, 0) is 9.53 Å². The van der Waals surface area contributed by atoms with Gasteiger partial charge in [0, 0.05) is 11.3 Å². The summed E-state index contributed by atoms with van der Waals surface area (Å²) in [6, 6.07) is 22.3. The molecule has 0 fully saturated rings. The Hall–Kier alpha value is -4.11. The summed E-state index contributed by atoms with van der Waals surface area (Å²) in [6.07, 6.45) is 0. The number of esters is 1. The first kappa shape index (κ1) is 23.6. The predicted molar refractivity (Wildman–Crippen MR) is 140 cm³/mol. The molecule has 1 aromatic heterocycles. The van der Waals surface area contributed by atoms with Crippen molar-refractivity contribution in [3.63, 3.8) is 0 Å². The maximum absolute atomic E-state index is 13.6. The molecule has 2 heterocycles. The SMILES string of the molecule is COC(=O)c1ccc(C2Nn3c(nnc3-c3ccccc3)SC2C(=O)Nc2cc(C)cc(C)c2)cc1. The van der Waals surface area contributed by atoms with Crippen LogP contribution >= 0.6 is 11.8 Å². The second-order valence-corrected chi connectivity index (χ2v) is 9.74. The molecule has 0 aliphatic carbocycles. The average molecular weight is 500 g/mol. The normalized spacial score (nSPS) is 16.5. The summed E-state index contributed by atoms with van der Waals surface area (Å²) in [7, 11) is 1.35. The number of carbonyl (C=O) groups excluding carboxylic acids is 2. The van der Waals surface area contributed by atoms with Gasteiger partial charge in [-0.2, -0.15) is 0 Å². The van der Waals surface area contributed by atoms with Crippen LogP contribution in [0.25, 0.3) is 11.4 Å². The minimum Gasteiger partial charge on any atom is -0.465 e. The Bertz CT molecular complexity index is 1400. The highest BCUT2D eigenvalue weighted by atomic mass is 32.2. The standard InChI is InChI=1S/C27H25N5O3S/c1-16-13-17(2)15-21(14-16)28-25(33)23-22(18-9-11-20(12-10-18)26(34)35-3)31-32-24(29-30-27(32)36-23)19-7-5-4-6-8-19/h4-15,22-23,31H,1-3H3,(H,28,33). The lowest BCUT2D eigenvalue weighted by molar-refractivity contribution is -0.116. The number of hydrogen-bond donors (Lipinski definition) is 2. The van der Waals surface area contributed by atoms with Gasteiger partial charge in [-0.05, 0) is 54.8 Å². The summed E-state index contributed by atoms with van der Waals surface area (Å²) in [5.41, 5.74) is 8.53. The maximum Gasteiger partial charge on any atom is 0.337 e. The van der Waals surface area contributed by atoms with Crippen molar-refractivity contribution in [2.75, 3.05) is 17.9 Å². The van der Waals surface area contributed by atoms with E-state index in [1.54, 1.807) is 12.1 Å². The molecule has 36 heavy (non-hydrogen) atoms. The van der Waals surface area contributed by atoms with Gasteiger partial charge in [0.1, 0.15) is 5.25 Å². The molecule has 8 nitrogen and oxygen atoms in total. The second-order valence-electron chi connectivity index (χ2n) is 8.63. The van der Waals surface area contributed by atoms with Crippen LogP contribution in [-0.4, -0.2) is 39.1 Å². The number of ether oxygens (including phenoxy) is 1. The smallest absolute Gasteiger partial charge is 0.337 e. The van der Waals surface area contributed by atoms with E-state index >= 15 is 0 Å². The zero-order chi connectivity index (χ0) is 25.2. The van der Waals surface area contributed by atoms with Crippen LogP contribution < -0.4 is 10.7 Å². The minimum absolute atomic E-state index is 0.157. The highest BCUT2D eigenvalue weighted by Crippen LogP contribution is 2.39. The number of nitrogens with one attached hydrogen (secondary N) is 2. The molecular formula is C27H25N5O3S. The number of benzene rings is 3. The molecule has 3 aromatic carbocycles. The van der Waals surface area contributed by atoms with E-state index in [4.69, 9.17) is 4.74 Å². The van der Waals surface area contributed by atoms with Gasteiger partial charge in [-0.15, -0.1) is 10.2 Å². The number of hydrogen-bond acceptors (Lipinski definition) is 7. The van der Waals surface area contributed by atoms with Crippen molar-refractivity contribution in [3.8, 4) is 11.4 Å². The summed E-state index contributed by atoms with van der Waals surface area (Å²) in [6.45, 7) is 4.00. The van der Waals surface area contributed by atoms with Crippen molar-refractivity contribution in [3.05, 3.63) is 95.1 Å². The molecule has 0 spiro atoms. The first-order chi connectivity index (χ1) is 17.4. The largest absolute Gasteiger partial charge is 0.465 e. The van der Waals surface area contributed by atoms with Crippen molar-refractivity contribution < 1.29 is 14.3 Å². The molecule has 1 amide bonds. The predicted octanol–water partition coefficient (Wildman–Crippen LogP) is 4.75. The fourth-order valence-electron chi connectivity index (χ4n) is 4.28. The van der Waals surface area contributed by atoms with E-state index in [0.29, 0.717) is 16.5 Å². The van der Waals surface area contributed by atoms with Crippen LogP contribution in [0.5, 0.6) is 0 Å². The number of rotatable bonds is 5. The van der Waals surface area contributed by atoms with Crippen molar-refractivity contribution in [1.29, 1.82) is 0 Å². The molecule has 2 unspecified atom stereocenters. The van der Waals surface area contributed by atoms with Gasteiger partial charge in [0.2, 0.25) is 11.1 Å². The Morgan fingerprint density at radius 3 is 2.33 bits per heavy atom. The third kappa shape index (κ3) is 4.70. The first-order valence-electron chi connectivity index (χ1n) is 11.4. The number of nitrogens with zero attached hydrogens (tertiary/aromatic N) is 3. The van der Waals surface area contributed by atoms with E-state index in [1.165, 1.54) is 18.9 Å². The van der Waals surface area contributed by atoms with E-state index in [-0.39, 0.29) is 5.91 Å². The van der Waals surface area contributed by atoms with Crippen LogP contribution in [0, 0.1) is 13.8 Å². The fourth-order valence-corrected chi connectivity index (χ4v) is 5.36. The minimum atomic E-state index is -0.546. The van der Waals surface area contributed by atoms with E-state index in [1.807, 2.05) is 73.1 Å². The third-order valence-electron chi connectivity index (χ3n) is 5.91. The summed E-state index contributed by atoms with van der Waals surface area (Å²) >= 11 is 1.35.